The third kappa shape index (κ3) is 5.24. The molecule has 1 fully saturated rings. The molecule has 1 saturated heterocycles. The summed E-state index contributed by atoms with van der Waals surface area (Å²) in [5.74, 6) is 1.36. The van der Waals surface area contributed by atoms with Crippen LogP contribution in [0.5, 0.6) is 0 Å². The second kappa shape index (κ2) is 10.0. The first-order valence-electron chi connectivity index (χ1n) is 9.65. The lowest BCUT2D eigenvalue weighted by molar-refractivity contribution is -0.384. The van der Waals surface area contributed by atoms with Gasteiger partial charge in [-0.2, -0.15) is 0 Å². The van der Waals surface area contributed by atoms with Crippen LogP contribution >= 0.6 is 24.0 Å². The van der Waals surface area contributed by atoms with Crippen molar-refractivity contribution in [3.8, 4) is 0 Å². The van der Waals surface area contributed by atoms with Crippen molar-refractivity contribution in [3.63, 3.8) is 0 Å². The number of nitro groups is 1. The van der Waals surface area contributed by atoms with E-state index >= 15 is 0 Å². The van der Waals surface area contributed by atoms with Gasteiger partial charge in [0.05, 0.1) is 18.1 Å². The lowest BCUT2D eigenvalue weighted by atomic mass is 10.1. The number of anilines is 1. The Hall–Kier alpha value is -2.20. The molecular formula is C21H25IN4O3. The Morgan fingerprint density at radius 3 is 2.76 bits per heavy atom. The lowest BCUT2D eigenvalue weighted by Crippen LogP contribution is -2.42. The van der Waals surface area contributed by atoms with Crippen LogP contribution in [0.25, 0.3) is 0 Å². The summed E-state index contributed by atoms with van der Waals surface area (Å²) in [4.78, 5) is 17.5. The highest BCUT2D eigenvalue weighted by molar-refractivity contribution is 14.0. The summed E-state index contributed by atoms with van der Waals surface area (Å²) in [6.45, 7) is 3.82. The van der Waals surface area contributed by atoms with E-state index < -0.39 is 0 Å². The molecule has 2 heterocycles. The standard InChI is InChI=1S/C21H24N4O3.HI/c26-25(27)19-7-5-16(6-8-19)13-22-21(23-14-17-10-12-28-15-17)24-11-9-18-3-1-2-4-20(18)24;/h1-8,17H,9-15H2,(H,22,23);1H. The Bertz CT molecular complexity index is 866. The number of nitrogens with one attached hydrogen (secondary N) is 1. The first-order chi connectivity index (χ1) is 13.7. The van der Waals surface area contributed by atoms with E-state index in [9.17, 15) is 10.1 Å². The van der Waals surface area contributed by atoms with Gasteiger partial charge in [0.2, 0.25) is 0 Å². The number of halogens is 1. The fraction of sp³-hybridized carbons (Fsp3) is 0.381. The van der Waals surface area contributed by atoms with Gasteiger partial charge in [-0.25, -0.2) is 4.99 Å². The zero-order valence-corrected chi connectivity index (χ0v) is 18.5. The van der Waals surface area contributed by atoms with Gasteiger partial charge in [0, 0.05) is 43.4 Å². The largest absolute Gasteiger partial charge is 0.381 e. The van der Waals surface area contributed by atoms with Crippen LogP contribution in [0.1, 0.15) is 17.5 Å². The van der Waals surface area contributed by atoms with Gasteiger partial charge < -0.3 is 15.0 Å². The molecule has 8 heteroatoms. The number of benzene rings is 2. The first-order valence-corrected chi connectivity index (χ1v) is 9.65. The molecule has 1 unspecified atom stereocenters. The molecule has 0 amide bonds. The third-order valence-corrected chi connectivity index (χ3v) is 5.27. The molecule has 1 N–H and O–H groups in total. The van der Waals surface area contributed by atoms with Gasteiger partial charge >= 0.3 is 0 Å². The van der Waals surface area contributed by atoms with Crippen LogP contribution in [0.3, 0.4) is 0 Å². The molecule has 2 aromatic rings. The highest BCUT2D eigenvalue weighted by Crippen LogP contribution is 2.27. The van der Waals surface area contributed by atoms with E-state index in [1.54, 1.807) is 12.1 Å². The minimum atomic E-state index is -0.384. The topological polar surface area (TPSA) is 80.0 Å². The normalized spacial score (nSPS) is 18.3. The Labute approximate surface area is 187 Å². The van der Waals surface area contributed by atoms with Crippen molar-refractivity contribution in [2.24, 2.45) is 10.9 Å². The van der Waals surface area contributed by atoms with Crippen molar-refractivity contribution in [1.82, 2.24) is 5.32 Å². The number of ether oxygens (including phenoxy) is 1. The highest BCUT2D eigenvalue weighted by Gasteiger charge is 2.24. The van der Waals surface area contributed by atoms with Crippen molar-refractivity contribution in [3.05, 3.63) is 69.8 Å². The van der Waals surface area contributed by atoms with E-state index in [-0.39, 0.29) is 34.6 Å². The number of aliphatic imine (C=N–C) groups is 1. The van der Waals surface area contributed by atoms with E-state index in [1.165, 1.54) is 23.4 Å². The fourth-order valence-electron chi connectivity index (χ4n) is 3.66. The van der Waals surface area contributed by atoms with Gasteiger partial charge in [-0.05, 0) is 30.0 Å². The minimum Gasteiger partial charge on any atom is -0.381 e. The number of hydrogen-bond acceptors (Lipinski definition) is 4. The first kappa shape index (κ1) is 21.5. The van der Waals surface area contributed by atoms with E-state index in [0.29, 0.717) is 12.5 Å². The zero-order valence-electron chi connectivity index (χ0n) is 16.1. The summed E-state index contributed by atoms with van der Waals surface area (Å²) in [7, 11) is 0. The Morgan fingerprint density at radius 1 is 1.24 bits per heavy atom. The van der Waals surface area contributed by atoms with Crippen LogP contribution in [0.2, 0.25) is 0 Å². The molecule has 0 saturated carbocycles. The summed E-state index contributed by atoms with van der Waals surface area (Å²) in [5, 5.41) is 14.4. The van der Waals surface area contributed by atoms with Gasteiger partial charge in [0.25, 0.3) is 5.69 Å². The number of hydrogen-bond donors (Lipinski definition) is 1. The molecule has 154 valence electrons. The summed E-state index contributed by atoms with van der Waals surface area (Å²) < 4.78 is 5.48. The number of rotatable bonds is 5. The molecule has 0 aliphatic carbocycles. The average Bonchev–Trinajstić information content (AvgIpc) is 3.38. The lowest BCUT2D eigenvalue weighted by Gasteiger charge is -2.24. The van der Waals surface area contributed by atoms with E-state index in [1.807, 2.05) is 0 Å². The molecule has 2 aromatic carbocycles. The van der Waals surface area contributed by atoms with Crippen molar-refractivity contribution in [2.75, 3.05) is 31.2 Å². The van der Waals surface area contributed by atoms with Gasteiger partial charge in [0.1, 0.15) is 0 Å². The van der Waals surface area contributed by atoms with Crippen molar-refractivity contribution >= 4 is 41.3 Å². The molecule has 29 heavy (non-hydrogen) atoms. The molecule has 0 bridgehead atoms. The average molecular weight is 508 g/mol. The van der Waals surface area contributed by atoms with Crippen molar-refractivity contribution < 1.29 is 9.66 Å². The Kier molecular flexibility index (Phi) is 7.43. The fourth-order valence-corrected chi connectivity index (χ4v) is 3.66. The quantitative estimate of drug-likeness (QED) is 0.219. The maximum absolute atomic E-state index is 10.8. The Balaban J connectivity index is 0.00000240. The Morgan fingerprint density at radius 2 is 2.03 bits per heavy atom. The van der Waals surface area contributed by atoms with E-state index in [0.717, 1.165) is 50.7 Å². The molecule has 1 atom stereocenters. The highest BCUT2D eigenvalue weighted by atomic mass is 127. The van der Waals surface area contributed by atoms with Crippen molar-refractivity contribution in [1.29, 1.82) is 0 Å². The van der Waals surface area contributed by atoms with E-state index in [4.69, 9.17) is 9.73 Å². The number of guanidine groups is 1. The molecule has 0 radical (unpaired) electrons. The molecule has 2 aliphatic heterocycles. The summed E-state index contributed by atoms with van der Waals surface area (Å²) in [5.41, 5.74) is 3.57. The second-order valence-electron chi connectivity index (χ2n) is 7.20. The smallest absolute Gasteiger partial charge is 0.269 e. The van der Waals surface area contributed by atoms with E-state index in [2.05, 4.69) is 34.5 Å². The van der Waals surface area contributed by atoms with Gasteiger partial charge in [0.15, 0.2) is 5.96 Å². The number of fused-ring (bicyclic) bond motifs is 1. The van der Waals surface area contributed by atoms with Crippen LogP contribution in [-0.4, -0.2) is 37.2 Å². The van der Waals surface area contributed by atoms with Crippen LogP contribution in [0, 0.1) is 16.0 Å². The predicted octanol–water partition coefficient (Wildman–Crippen LogP) is 3.76. The number of nitrogens with zero attached hydrogens (tertiary/aromatic N) is 3. The van der Waals surface area contributed by atoms with Crippen LogP contribution in [-0.2, 0) is 17.7 Å². The van der Waals surface area contributed by atoms with Gasteiger partial charge in [-0.1, -0.05) is 30.3 Å². The second-order valence-corrected chi connectivity index (χ2v) is 7.20. The summed E-state index contributed by atoms with van der Waals surface area (Å²) >= 11 is 0. The number of nitro benzene ring substituents is 1. The maximum Gasteiger partial charge on any atom is 0.269 e. The molecule has 0 spiro atoms. The predicted molar refractivity (Wildman–Crippen MR) is 124 cm³/mol. The molecule has 4 rings (SSSR count). The number of non-ortho nitro benzene ring substituents is 1. The van der Waals surface area contributed by atoms with Crippen molar-refractivity contribution in [2.45, 2.75) is 19.4 Å². The van der Waals surface area contributed by atoms with Crippen LogP contribution in [0.4, 0.5) is 11.4 Å². The molecule has 7 nitrogen and oxygen atoms in total. The van der Waals surface area contributed by atoms with Crippen LogP contribution in [0.15, 0.2) is 53.5 Å². The minimum absolute atomic E-state index is 0. The summed E-state index contributed by atoms with van der Waals surface area (Å²) in [6.07, 6.45) is 2.07. The van der Waals surface area contributed by atoms with Gasteiger partial charge in [-0.3, -0.25) is 10.1 Å². The molecular weight excluding hydrogens is 483 g/mol. The van der Waals surface area contributed by atoms with Crippen LogP contribution < -0.4 is 10.2 Å². The maximum atomic E-state index is 10.8. The third-order valence-electron chi connectivity index (χ3n) is 5.27. The molecule has 2 aliphatic rings. The zero-order chi connectivity index (χ0) is 19.3. The monoisotopic (exact) mass is 508 g/mol. The molecule has 0 aromatic heterocycles. The SMILES string of the molecule is I.O=[N+]([O-])c1ccc(CN=C(NCC2CCOC2)N2CCc3ccccc32)cc1. The number of para-hydroxylation sites is 1. The summed E-state index contributed by atoms with van der Waals surface area (Å²) in [6, 6.07) is 15.0. The van der Waals surface area contributed by atoms with Gasteiger partial charge in [-0.15, -0.1) is 24.0 Å².